The molecule has 142 valence electrons. The van der Waals surface area contributed by atoms with Gasteiger partial charge in [-0.1, -0.05) is 19.3 Å². The van der Waals surface area contributed by atoms with E-state index in [9.17, 15) is 9.59 Å². The van der Waals surface area contributed by atoms with Gasteiger partial charge in [-0.2, -0.15) is 5.10 Å². The van der Waals surface area contributed by atoms with Gasteiger partial charge in [-0.25, -0.2) is 5.43 Å². The Morgan fingerprint density at radius 1 is 1.15 bits per heavy atom. The van der Waals surface area contributed by atoms with E-state index in [4.69, 9.17) is 9.47 Å². The molecule has 1 aromatic carbocycles. The van der Waals surface area contributed by atoms with Crippen LogP contribution in [0.3, 0.4) is 0 Å². The van der Waals surface area contributed by atoms with Crippen LogP contribution in [0.2, 0.25) is 0 Å². The lowest BCUT2D eigenvalue weighted by Gasteiger charge is -2.22. The highest BCUT2D eigenvalue weighted by Crippen LogP contribution is 2.24. The highest BCUT2D eigenvalue weighted by atomic mass is 16.5. The van der Waals surface area contributed by atoms with Crippen LogP contribution in [-0.2, 0) is 4.79 Å². The van der Waals surface area contributed by atoms with Crippen molar-refractivity contribution in [3.05, 3.63) is 23.8 Å². The minimum atomic E-state index is -0.406. The monoisotopic (exact) mass is 361 g/mol. The molecule has 1 saturated carbocycles. The SMILES string of the molecule is COc1ccc(C(=O)N/N=C(/C)CC(=O)NC2CCCCC2)c(OC)c1. The normalized spacial score (nSPS) is 15.3. The summed E-state index contributed by atoms with van der Waals surface area (Å²) in [5, 5.41) is 7.05. The fourth-order valence-electron chi connectivity index (χ4n) is 2.99. The summed E-state index contributed by atoms with van der Waals surface area (Å²) in [7, 11) is 3.02. The summed E-state index contributed by atoms with van der Waals surface area (Å²) in [5.74, 6) is 0.521. The Morgan fingerprint density at radius 3 is 2.54 bits per heavy atom. The maximum Gasteiger partial charge on any atom is 0.275 e. The summed E-state index contributed by atoms with van der Waals surface area (Å²) in [5.41, 5.74) is 3.35. The van der Waals surface area contributed by atoms with Crippen LogP contribution in [0.25, 0.3) is 0 Å². The van der Waals surface area contributed by atoms with E-state index >= 15 is 0 Å². The number of hydrogen-bond acceptors (Lipinski definition) is 5. The zero-order chi connectivity index (χ0) is 18.9. The van der Waals surface area contributed by atoms with E-state index in [2.05, 4.69) is 15.8 Å². The number of carbonyl (C=O) groups excluding carboxylic acids is 2. The molecular formula is C19H27N3O4. The van der Waals surface area contributed by atoms with Gasteiger partial charge in [0.05, 0.1) is 26.2 Å². The lowest BCUT2D eigenvalue weighted by atomic mass is 9.95. The van der Waals surface area contributed by atoms with Gasteiger partial charge >= 0.3 is 0 Å². The molecule has 0 heterocycles. The van der Waals surface area contributed by atoms with Gasteiger partial charge in [0.15, 0.2) is 0 Å². The molecule has 2 amide bonds. The Kier molecular flexibility index (Phi) is 7.44. The Balaban J connectivity index is 1.89. The van der Waals surface area contributed by atoms with Crippen LogP contribution in [0, 0.1) is 0 Å². The molecule has 0 atom stereocenters. The van der Waals surface area contributed by atoms with Gasteiger partial charge in [0.2, 0.25) is 5.91 Å². The Labute approximate surface area is 154 Å². The summed E-state index contributed by atoms with van der Waals surface area (Å²) in [6.07, 6.45) is 5.81. The summed E-state index contributed by atoms with van der Waals surface area (Å²) < 4.78 is 10.3. The number of nitrogens with zero attached hydrogens (tertiary/aromatic N) is 1. The van der Waals surface area contributed by atoms with E-state index < -0.39 is 5.91 Å². The fourth-order valence-corrected chi connectivity index (χ4v) is 2.99. The van der Waals surface area contributed by atoms with Gasteiger partial charge in [-0.15, -0.1) is 0 Å². The number of methoxy groups -OCH3 is 2. The third-order valence-corrected chi connectivity index (χ3v) is 4.39. The molecule has 7 heteroatoms. The molecule has 0 bridgehead atoms. The molecule has 0 unspecified atom stereocenters. The maximum absolute atomic E-state index is 12.3. The summed E-state index contributed by atoms with van der Waals surface area (Å²) in [6, 6.07) is 5.17. The Morgan fingerprint density at radius 2 is 1.88 bits per heavy atom. The highest BCUT2D eigenvalue weighted by molar-refractivity contribution is 6.01. The number of benzene rings is 1. The summed E-state index contributed by atoms with van der Waals surface area (Å²) in [4.78, 5) is 24.4. The average Bonchev–Trinajstić information content (AvgIpc) is 2.66. The molecule has 1 fully saturated rings. The number of hydrogen-bond donors (Lipinski definition) is 2. The number of carbonyl (C=O) groups is 2. The molecule has 26 heavy (non-hydrogen) atoms. The molecule has 0 radical (unpaired) electrons. The third kappa shape index (κ3) is 5.75. The van der Waals surface area contributed by atoms with Crippen molar-refractivity contribution in [2.24, 2.45) is 5.10 Å². The fraction of sp³-hybridized carbons (Fsp3) is 0.526. The minimum absolute atomic E-state index is 0.0607. The van der Waals surface area contributed by atoms with Crippen molar-refractivity contribution < 1.29 is 19.1 Å². The lowest BCUT2D eigenvalue weighted by Crippen LogP contribution is -2.37. The molecule has 0 saturated heterocycles. The molecule has 7 nitrogen and oxygen atoms in total. The quantitative estimate of drug-likeness (QED) is 0.577. The molecule has 1 aliphatic carbocycles. The van der Waals surface area contributed by atoms with Crippen molar-refractivity contribution in [1.29, 1.82) is 0 Å². The first kappa shape index (κ1) is 19.8. The first-order valence-corrected chi connectivity index (χ1v) is 8.88. The molecule has 0 aliphatic heterocycles. The number of hydrazone groups is 1. The Hall–Kier alpha value is -2.57. The maximum atomic E-state index is 12.3. The molecular weight excluding hydrogens is 334 g/mol. The van der Waals surface area contributed by atoms with Gasteiger partial charge in [0, 0.05) is 17.8 Å². The van der Waals surface area contributed by atoms with Crippen LogP contribution < -0.4 is 20.2 Å². The summed E-state index contributed by atoms with van der Waals surface area (Å²) in [6.45, 7) is 1.71. The first-order chi connectivity index (χ1) is 12.5. The van der Waals surface area contributed by atoms with Crippen LogP contribution in [0.4, 0.5) is 0 Å². The zero-order valence-electron chi connectivity index (χ0n) is 15.6. The van der Waals surface area contributed by atoms with Crippen molar-refractivity contribution in [2.45, 2.75) is 51.5 Å². The number of amides is 2. The van der Waals surface area contributed by atoms with Gasteiger partial charge in [-0.3, -0.25) is 9.59 Å². The molecule has 2 N–H and O–H groups in total. The van der Waals surface area contributed by atoms with E-state index in [0.717, 1.165) is 25.7 Å². The molecule has 1 aliphatic rings. The van der Waals surface area contributed by atoms with E-state index in [1.807, 2.05) is 0 Å². The highest BCUT2D eigenvalue weighted by Gasteiger charge is 2.16. The Bertz CT molecular complexity index is 667. The summed E-state index contributed by atoms with van der Waals surface area (Å²) >= 11 is 0. The number of nitrogens with one attached hydrogen (secondary N) is 2. The van der Waals surface area contributed by atoms with Crippen molar-refractivity contribution in [3.8, 4) is 11.5 Å². The van der Waals surface area contributed by atoms with Gasteiger partial charge in [0.1, 0.15) is 11.5 Å². The van der Waals surface area contributed by atoms with Crippen LogP contribution >= 0.6 is 0 Å². The van der Waals surface area contributed by atoms with Gasteiger partial charge in [-0.05, 0) is 31.9 Å². The van der Waals surface area contributed by atoms with Gasteiger partial charge < -0.3 is 14.8 Å². The van der Waals surface area contributed by atoms with E-state index in [1.54, 1.807) is 32.2 Å². The van der Waals surface area contributed by atoms with Crippen LogP contribution in [0.1, 0.15) is 55.8 Å². The van der Waals surface area contributed by atoms with Crippen LogP contribution in [-0.4, -0.2) is 37.8 Å². The predicted molar refractivity (Wildman–Crippen MR) is 99.8 cm³/mol. The van der Waals surface area contributed by atoms with Crippen LogP contribution in [0.5, 0.6) is 11.5 Å². The molecule has 0 aromatic heterocycles. The van der Waals surface area contributed by atoms with Crippen molar-refractivity contribution in [3.63, 3.8) is 0 Å². The van der Waals surface area contributed by atoms with E-state index in [-0.39, 0.29) is 18.4 Å². The second kappa shape index (κ2) is 9.79. The van der Waals surface area contributed by atoms with Crippen molar-refractivity contribution in [2.75, 3.05) is 14.2 Å². The topological polar surface area (TPSA) is 89.0 Å². The second-order valence-corrected chi connectivity index (χ2v) is 6.43. The smallest absolute Gasteiger partial charge is 0.275 e. The molecule has 2 rings (SSSR count). The zero-order valence-corrected chi connectivity index (χ0v) is 15.6. The largest absolute Gasteiger partial charge is 0.497 e. The van der Waals surface area contributed by atoms with Gasteiger partial charge in [0.25, 0.3) is 5.91 Å². The standard InChI is InChI=1S/C19H27N3O4/c1-13(11-18(23)20-14-7-5-4-6-8-14)21-22-19(24)16-10-9-15(25-2)12-17(16)26-3/h9-10,12,14H,4-8,11H2,1-3H3,(H,20,23)(H,22,24)/b21-13-. The third-order valence-electron chi connectivity index (χ3n) is 4.39. The predicted octanol–water partition coefficient (Wildman–Crippen LogP) is 2.65. The van der Waals surface area contributed by atoms with Crippen LogP contribution in [0.15, 0.2) is 23.3 Å². The molecule has 0 spiro atoms. The number of ether oxygens (including phenoxy) is 2. The average molecular weight is 361 g/mol. The lowest BCUT2D eigenvalue weighted by molar-refractivity contribution is -0.120. The van der Waals surface area contributed by atoms with Crippen molar-refractivity contribution >= 4 is 17.5 Å². The first-order valence-electron chi connectivity index (χ1n) is 8.88. The van der Waals surface area contributed by atoms with Crippen molar-refractivity contribution in [1.82, 2.24) is 10.7 Å². The minimum Gasteiger partial charge on any atom is -0.497 e. The van der Waals surface area contributed by atoms with E-state index in [0.29, 0.717) is 22.8 Å². The molecule has 1 aromatic rings. The number of rotatable bonds is 7. The second-order valence-electron chi connectivity index (χ2n) is 6.43. The van der Waals surface area contributed by atoms with E-state index in [1.165, 1.54) is 13.5 Å².